The van der Waals surface area contributed by atoms with E-state index in [1.807, 2.05) is 0 Å². The summed E-state index contributed by atoms with van der Waals surface area (Å²) in [7, 11) is 0. The number of hydrogen-bond acceptors (Lipinski definition) is 3. The monoisotopic (exact) mass is 303 g/mol. The number of amides is 3. The lowest BCUT2D eigenvalue weighted by Gasteiger charge is -2.29. The molecule has 1 heterocycles. The molecule has 0 radical (unpaired) electrons. The van der Waals surface area contributed by atoms with Crippen LogP contribution in [0, 0.1) is 5.92 Å². The smallest absolute Gasteiger partial charge is 0.313 e. The fourth-order valence-corrected chi connectivity index (χ4v) is 2.42. The molecule has 3 amide bonds. The van der Waals surface area contributed by atoms with Crippen molar-refractivity contribution < 1.29 is 14.4 Å². The van der Waals surface area contributed by atoms with Crippen LogP contribution < -0.4 is 10.6 Å². The predicted molar refractivity (Wildman–Crippen MR) is 84.4 cm³/mol. The second-order valence-electron chi connectivity index (χ2n) is 5.69. The number of anilines is 2. The average molecular weight is 303 g/mol. The maximum atomic E-state index is 12.1. The number of likely N-dealkylation sites (tertiary alicyclic amines) is 1. The molecule has 6 nitrogen and oxygen atoms in total. The normalized spacial score (nSPS) is 15.3. The van der Waals surface area contributed by atoms with E-state index in [1.165, 1.54) is 6.92 Å². The van der Waals surface area contributed by atoms with E-state index in [4.69, 9.17) is 0 Å². The molecule has 1 aliphatic heterocycles. The lowest BCUT2D eigenvalue weighted by atomic mass is 9.99. The van der Waals surface area contributed by atoms with Crippen LogP contribution in [-0.2, 0) is 14.4 Å². The highest BCUT2D eigenvalue weighted by atomic mass is 16.2. The molecule has 1 saturated heterocycles. The van der Waals surface area contributed by atoms with Gasteiger partial charge >= 0.3 is 11.8 Å². The SMILES string of the molecule is CC(=O)Nc1cccc(NC(=O)C(=O)N2CCC(C)CC2)c1. The number of piperidine rings is 1. The van der Waals surface area contributed by atoms with Crippen molar-refractivity contribution in [2.45, 2.75) is 26.7 Å². The summed E-state index contributed by atoms with van der Waals surface area (Å²) in [6, 6.07) is 6.71. The van der Waals surface area contributed by atoms with Crippen LogP contribution in [0.4, 0.5) is 11.4 Å². The fraction of sp³-hybridized carbons (Fsp3) is 0.438. The van der Waals surface area contributed by atoms with Gasteiger partial charge in [-0.2, -0.15) is 0 Å². The third kappa shape index (κ3) is 4.31. The molecule has 2 N–H and O–H groups in total. The molecule has 1 aromatic rings. The summed E-state index contributed by atoms with van der Waals surface area (Å²) < 4.78 is 0. The van der Waals surface area contributed by atoms with Crippen LogP contribution in [0.2, 0.25) is 0 Å². The first-order chi connectivity index (χ1) is 10.5. The van der Waals surface area contributed by atoms with Crippen molar-refractivity contribution in [3.8, 4) is 0 Å². The van der Waals surface area contributed by atoms with Gasteiger partial charge in [0.25, 0.3) is 0 Å². The summed E-state index contributed by atoms with van der Waals surface area (Å²) >= 11 is 0. The first-order valence-corrected chi connectivity index (χ1v) is 7.43. The third-order valence-corrected chi connectivity index (χ3v) is 3.71. The largest absolute Gasteiger partial charge is 0.334 e. The standard InChI is InChI=1S/C16H21N3O3/c1-11-6-8-19(9-7-11)16(22)15(21)18-14-5-3-4-13(10-14)17-12(2)20/h3-5,10-11H,6-9H2,1-2H3,(H,17,20)(H,18,21). The van der Waals surface area contributed by atoms with Gasteiger partial charge in [0.2, 0.25) is 5.91 Å². The van der Waals surface area contributed by atoms with Gasteiger partial charge in [0.15, 0.2) is 0 Å². The molecule has 0 aliphatic carbocycles. The molecule has 1 fully saturated rings. The van der Waals surface area contributed by atoms with Crippen LogP contribution in [0.1, 0.15) is 26.7 Å². The summed E-state index contributed by atoms with van der Waals surface area (Å²) in [5, 5.41) is 5.21. The molecule has 0 saturated carbocycles. The summed E-state index contributed by atoms with van der Waals surface area (Å²) in [6.45, 7) is 4.81. The van der Waals surface area contributed by atoms with Crippen LogP contribution in [0.15, 0.2) is 24.3 Å². The van der Waals surface area contributed by atoms with E-state index in [0.29, 0.717) is 30.4 Å². The fourth-order valence-electron chi connectivity index (χ4n) is 2.42. The summed E-state index contributed by atoms with van der Waals surface area (Å²) in [5.74, 6) is -0.741. The summed E-state index contributed by atoms with van der Waals surface area (Å²) in [5.41, 5.74) is 1.06. The lowest BCUT2D eigenvalue weighted by Crippen LogP contribution is -2.43. The van der Waals surface area contributed by atoms with Gasteiger partial charge in [0, 0.05) is 31.4 Å². The number of rotatable bonds is 2. The lowest BCUT2D eigenvalue weighted by molar-refractivity contribution is -0.144. The van der Waals surface area contributed by atoms with E-state index in [0.717, 1.165) is 12.8 Å². The first-order valence-electron chi connectivity index (χ1n) is 7.43. The van der Waals surface area contributed by atoms with Crippen LogP contribution >= 0.6 is 0 Å². The Labute approximate surface area is 129 Å². The molecular formula is C16H21N3O3. The minimum Gasteiger partial charge on any atom is -0.334 e. The van der Waals surface area contributed by atoms with Crippen molar-refractivity contribution in [3.05, 3.63) is 24.3 Å². The second-order valence-corrected chi connectivity index (χ2v) is 5.69. The Morgan fingerprint density at radius 3 is 2.27 bits per heavy atom. The number of nitrogens with one attached hydrogen (secondary N) is 2. The molecular weight excluding hydrogens is 282 g/mol. The second kappa shape index (κ2) is 7.06. The van der Waals surface area contributed by atoms with Gasteiger partial charge in [-0.25, -0.2) is 0 Å². The van der Waals surface area contributed by atoms with Crippen LogP contribution in [0.25, 0.3) is 0 Å². The molecule has 6 heteroatoms. The first kappa shape index (κ1) is 16.0. The molecule has 0 spiro atoms. The van der Waals surface area contributed by atoms with Gasteiger partial charge in [0.05, 0.1) is 0 Å². The zero-order chi connectivity index (χ0) is 16.1. The maximum Gasteiger partial charge on any atom is 0.313 e. The van der Waals surface area contributed by atoms with E-state index in [2.05, 4.69) is 17.6 Å². The molecule has 22 heavy (non-hydrogen) atoms. The zero-order valence-electron chi connectivity index (χ0n) is 12.9. The molecule has 2 rings (SSSR count). The van der Waals surface area contributed by atoms with Crippen molar-refractivity contribution in [1.29, 1.82) is 0 Å². The zero-order valence-corrected chi connectivity index (χ0v) is 12.9. The number of hydrogen-bond donors (Lipinski definition) is 2. The highest BCUT2D eigenvalue weighted by molar-refractivity contribution is 6.39. The van der Waals surface area contributed by atoms with E-state index >= 15 is 0 Å². The molecule has 0 aromatic heterocycles. The van der Waals surface area contributed by atoms with E-state index in [9.17, 15) is 14.4 Å². The van der Waals surface area contributed by atoms with Crippen molar-refractivity contribution in [3.63, 3.8) is 0 Å². The number of carbonyl (C=O) groups is 3. The number of carbonyl (C=O) groups excluding carboxylic acids is 3. The Hall–Kier alpha value is -2.37. The quantitative estimate of drug-likeness (QED) is 0.818. The molecule has 0 atom stereocenters. The summed E-state index contributed by atoms with van der Waals surface area (Å²) in [6.07, 6.45) is 1.86. The Morgan fingerprint density at radius 2 is 1.68 bits per heavy atom. The molecule has 1 aliphatic rings. The van der Waals surface area contributed by atoms with E-state index < -0.39 is 11.8 Å². The van der Waals surface area contributed by atoms with Crippen molar-refractivity contribution >= 4 is 29.1 Å². The minimum absolute atomic E-state index is 0.193. The van der Waals surface area contributed by atoms with Crippen LogP contribution in [-0.4, -0.2) is 35.7 Å². The molecule has 118 valence electrons. The van der Waals surface area contributed by atoms with E-state index in [1.54, 1.807) is 29.2 Å². The van der Waals surface area contributed by atoms with Crippen molar-refractivity contribution in [2.24, 2.45) is 5.92 Å². The maximum absolute atomic E-state index is 12.1. The van der Waals surface area contributed by atoms with Gasteiger partial charge in [0.1, 0.15) is 0 Å². The Bertz CT molecular complexity index is 578. The number of benzene rings is 1. The topological polar surface area (TPSA) is 78.5 Å². The third-order valence-electron chi connectivity index (χ3n) is 3.71. The molecule has 0 unspecified atom stereocenters. The highest BCUT2D eigenvalue weighted by Gasteiger charge is 2.25. The van der Waals surface area contributed by atoms with Gasteiger partial charge < -0.3 is 15.5 Å². The average Bonchev–Trinajstić information content (AvgIpc) is 2.47. The minimum atomic E-state index is -0.644. The Balaban J connectivity index is 1.96. The molecule has 0 bridgehead atoms. The van der Waals surface area contributed by atoms with E-state index in [-0.39, 0.29) is 5.91 Å². The van der Waals surface area contributed by atoms with Gasteiger partial charge in [-0.05, 0) is 37.0 Å². The van der Waals surface area contributed by atoms with Gasteiger partial charge in [-0.15, -0.1) is 0 Å². The van der Waals surface area contributed by atoms with Crippen LogP contribution in [0.5, 0.6) is 0 Å². The molecule has 1 aromatic carbocycles. The van der Waals surface area contributed by atoms with Crippen molar-refractivity contribution in [2.75, 3.05) is 23.7 Å². The highest BCUT2D eigenvalue weighted by Crippen LogP contribution is 2.18. The van der Waals surface area contributed by atoms with Crippen LogP contribution in [0.3, 0.4) is 0 Å². The van der Waals surface area contributed by atoms with Crippen molar-refractivity contribution in [1.82, 2.24) is 4.90 Å². The Morgan fingerprint density at radius 1 is 1.09 bits per heavy atom. The summed E-state index contributed by atoms with van der Waals surface area (Å²) in [4.78, 5) is 36.8. The Kier molecular flexibility index (Phi) is 5.14. The number of nitrogens with zero attached hydrogens (tertiary/aromatic N) is 1. The van der Waals surface area contributed by atoms with Gasteiger partial charge in [-0.3, -0.25) is 14.4 Å². The predicted octanol–water partition coefficient (Wildman–Crippen LogP) is 1.84. The van der Waals surface area contributed by atoms with Gasteiger partial charge in [-0.1, -0.05) is 13.0 Å².